The molecule has 1 aliphatic rings. The van der Waals surface area contributed by atoms with Gasteiger partial charge in [-0.1, -0.05) is 35.3 Å². The number of carbonyl (C=O) groups is 3. The highest BCUT2D eigenvalue weighted by molar-refractivity contribution is 6.43. The summed E-state index contributed by atoms with van der Waals surface area (Å²) in [4.78, 5) is 37.5. The van der Waals surface area contributed by atoms with Crippen molar-refractivity contribution in [3.05, 3.63) is 63.1 Å². The topological polar surface area (TPSA) is 72.9 Å². The van der Waals surface area contributed by atoms with Crippen molar-refractivity contribution in [1.82, 2.24) is 4.90 Å². The summed E-state index contributed by atoms with van der Waals surface area (Å²) < 4.78 is 10.2. The number of ether oxygens (including phenoxy) is 2. The van der Waals surface area contributed by atoms with Gasteiger partial charge in [0.2, 0.25) is 0 Å². The Bertz CT molecular complexity index is 870. The van der Waals surface area contributed by atoms with E-state index in [2.05, 4.69) is 0 Å². The van der Waals surface area contributed by atoms with Crippen LogP contribution in [-0.2, 0) is 16.0 Å². The van der Waals surface area contributed by atoms with Gasteiger partial charge in [0.25, 0.3) is 11.8 Å². The number of methoxy groups -OCH3 is 1. The van der Waals surface area contributed by atoms with Gasteiger partial charge in [-0.2, -0.15) is 0 Å². The van der Waals surface area contributed by atoms with Gasteiger partial charge in [0.05, 0.1) is 34.9 Å². The lowest BCUT2D eigenvalue weighted by Gasteiger charge is -2.13. The van der Waals surface area contributed by atoms with E-state index >= 15 is 0 Å². The second-order valence-corrected chi connectivity index (χ2v) is 6.64. The first-order chi connectivity index (χ1) is 12.9. The summed E-state index contributed by atoms with van der Waals surface area (Å²) in [6.07, 6.45) is 0.503. The summed E-state index contributed by atoms with van der Waals surface area (Å²) in [5.74, 6) is -1.13. The monoisotopic (exact) mass is 407 g/mol. The molecule has 1 heterocycles. The molecule has 2 aromatic rings. The number of imide groups is 1. The molecule has 3 rings (SSSR count). The highest BCUT2D eigenvalue weighted by Gasteiger charge is 2.37. The predicted octanol–water partition coefficient (Wildman–Crippen LogP) is 3.38. The van der Waals surface area contributed by atoms with Gasteiger partial charge in [0.1, 0.15) is 12.3 Å². The van der Waals surface area contributed by atoms with Crippen molar-refractivity contribution in [2.75, 3.05) is 20.3 Å². The molecule has 0 spiro atoms. The summed E-state index contributed by atoms with van der Waals surface area (Å²) in [5, 5.41) is 0.334. The smallest absolute Gasteiger partial charge is 0.326 e. The Morgan fingerprint density at radius 2 is 1.56 bits per heavy atom. The first kappa shape index (κ1) is 19.2. The van der Waals surface area contributed by atoms with Crippen LogP contribution in [0.1, 0.15) is 26.3 Å². The third-order valence-corrected chi connectivity index (χ3v) is 4.83. The zero-order valence-electron chi connectivity index (χ0n) is 14.3. The van der Waals surface area contributed by atoms with Gasteiger partial charge in [-0.25, -0.2) is 0 Å². The SMILES string of the molecule is COc1ccc(CCOC(=O)CN2C(=O)c3cc(Cl)c(Cl)cc3C2=O)cc1. The fourth-order valence-electron chi connectivity index (χ4n) is 2.68. The number of amides is 2. The predicted molar refractivity (Wildman–Crippen MR) is 99.5 cm³/mol. The fourth-order valence-corrected chi connectivity index (χ4v) is 3.00. The summed E-state index contributed by atoms with van der Waals surface area (Å²) in [7, 11) is 1.58. The molecule has 8 heteroatoms. The van der Waals surface area contributed by atoms with Gasteiger partial charge in [0.15, 0.2) is 0 Å². The molecule has 0 fully saturated rings. The molecule has 0 bridgehead atoms. The number of fused-ring (bicyclic) bond motifs is 1. The fraction of sp³-hybridized carbons (Fsp3) is 0.211. The van der Waals surface area contributed by atoms with E-state index in [4.69, 9.17) is 32.7 Å². The Morgan fingerprint density at radius 1 is 1.00 bits per heavy atom. The largest absolute Gasteiger partial charge is 0.497 e. The van der Waals surface area contributed by atoms with Crippen LogP contribution in [0.4, 0.5) is 0 Å². The second-order valence-electron chi connectivity index (χ2n) is 5.83. The van der Waals surface area contributed by atoms with Crippen molar-refractivity contribution >= 4 is 41.0 Å². The van der Waals surface area contributed by atoms with Crippen molar-refractivity contribution in [2.24, 2.45) is 0 Å². The second kappa shape index (κ2) is 7.98. The van der Waals surface area contributed by atoms with Crippen LogP contribution in [0.25, 0.3) is 0 Å². The third-order valence-electron chi connectivity index (χ3n) is 4.11. The minimum Gasteiger partial charge on any atom is -0.497 e. The highest BCUT2D eigenvalue weighted by atomic mass is 35.5. The van der Waals surface area contributed by atoms with Crippen molar-refractivity contribution in [2.45, 2.75) is 6.42 Å². The summed E-state index contributed by atoms with van der Waals surface area (Å²) in [6, 6.07) is 10.0. The van der Waals surface area contributed by atoms with Crippen LogP contribution in [0.15, 0.2) is 36.4 Å². The van der Waals surface area contributed by atoms with Crippen molar-refractivity contribution in [3.63, 3.8) is 0 Å². The van der Waals surface area contributed by atoms with Crippen molar-refractivity contribution in [1.29, 1.82) is 0 Å². The molecule has 2 amide bonds. The van der Waals surface area contributed by atoms with Gasteiger partial charge in [-0.3, -0.25) is 19.3 Å². The maximum absolute atomic E-state index is 12.3. The zero-order valence-corrected chi connectivity index (χ0v) is 15.8. The summed E-state index contributed by atoms with van der Waals surface area (Å²) in [6.45, 7) is -0.337. The maximum atomic E-state index is 12.3. The molecule has 0 saturated heterocycles. The zero-order chi connectivity index (χ0) is 19.6. The van der Waals surface area contributed by atoms with E-state index in [1.807, 2.05) is 24.3 Å². The summed E-state index contributed by atoms with van der Waals surface area (Å²) >= 11 is 11.8. The van der Waals surface area contributed by atoms with E-state index in [-0.39, 0.29) is 27.8 Å². The van der Waals surface area contributed by atoms with Gasteiger partial charge < -0.3 is 9.47 Å². The Labute approximate surface area is 165 Å². The number of nitrogens with zero attached hydrogens (tertiary/aromatic N) is 1. The molecule has 0 radical (unpaired) electrons. The Hall–Kier alpha value is -2.57. The Morgan fingerprint density at radius 3 is 2.07 bits per heavy atom. The average molecular weight is 408 g/mol. The number of hydrogen-bond donors (Lipinski definition) is 0. The lowest BCUT2D eigenvalue weighted by Crippen LogP contribution is -2.35. The van der Waals surface area contributed by atoms with Gasteiger partial charge >= 0.3 is 5.97 Å². The Balaban J connectivity index is 1.56. The van der Waals surface area contributed by atoms with Crippen molar-refractivity contribution < 1.29 is 23.9 Å². The van der Waals surface area contributed by atoms with E-state index in [9.17, 15) is 14.4 Å². The summed E-state index contributed by atoms with van der Waals surface area (Å²) in [5.41, 5.74) is 1.22. The standard InChI is InChI=1S/C19H15Cl2NO5/c1-26-12-4-2-11(3-5-12)6-7-27-17(23)10-22-18(24)13-8-15(20)16(21)9-14(13)19(22)25/h2-5,8-9H,6-7,10H2,1H3. The van der Waals surface area contributed by atoms with Crippen LogP contribution in [0.2, 0.25) is 10.0 Å². The van der Waals surface area contributed by atoms with Crippen LogP contribution in [0, 0.1) is 0 Å². The number of benzene rings is 2. The normalized spacial score (nSPS) is 12.9. The lowest BCUT2D eigenvalue weighted by molar-refractivity contribution is -0.143. The minimum absolute atomic E-state index is 0.125. The van der Waals surface area contributed by atoms with Crippen LogP contribution >= 0.6 is 23.2 Å². The first-order valence-corrected chi connectivity index (χ1v) is 8.80. The molecule has 0 saturated carbocycles. The number of hydrogen-bond acceptors (Lipinski definition) is 5. The van der Waals surface area contributed by atoms with E-state index in [1.54, 1.807) is 7.11 Å². The number of halogens is 2. The minimum atomic E-state index is -0.671. The molecule has 27 heavy (non-hydrogen) atoms. The molecular formula is C19H15Cl2NO5. The van der Waals surface area contributed by atoms with Crippen molar-refractivity contribution in [3.8, 4) is 5.75 Å². The van der Waals surface area contributed by atoms with Gasteiger partial charge in [-0.15, -0.1) is 0 Å². The Kier molecular flexibility index (Phi) is 5.68. The number of carbonyl (C=O) groups excluding carboxylic acids is 3. The molecule has 0 unspecified atom stereocenters. The quantitative estimate of drug-likeness (QED) is 0.541. The van der Waals surface area contributed by atoms with Gasteiger partial charge in [0, 0.05) is 6.42 Å². The molecular weight excluding hydrogens is 393 g/mol. The third kappa shape index (κ3) is 4.07. The van der Waals surface area contributed by atoms with Crippen LogP contribution in [-0.4, -0.2) is 42.9 Å². The highest BCUT2D eigenvalue weighted by Crippen LogP contribution is 2.31. The molecule has 0 aliphatic carbocycles. The molecule has 0 N–H and O–H groups in total. The molecule has 1 aliphatic heterocycles. The van der Waals surface area contributed by atoms with Crippen LogP contribution in [0.5, 0.6) is 5.75 Å². The number of esters is 1. The number of rotatable bonds is 6. The van der Waals surface area contributed by atoms with E-state index in [1.165, 1.54) is 12.1 Å². The van der Waals surface area contributed by atoms with Crippen LogP contribution < -0.4 is 4.74 Å². The van der Waals surface area contributed by atoms with Crippen LogP contribution in [0.3, 0.4) is 0 Å². The van der Waals surface area contributed by atoms with E-state index < -0.39 is 24.3 Å². The van der Waals surface area contributed by atoms with Gasteiger partial charge in [-0.05, 0) is 29.8 Å². The molecule has 0 aromatic heterocycles. The van der Waals surface area contributed by atoms with E-state index in [0.717, 1.165) is 16.2 Å². The molecule has 6 nitrogen and oxygen atoms in total. The maximum Gasteiger partial charge on any atom is 0.326 e. The molecule has 2 aromatic carbocycles. The first-order valence-electron chi connectivity index (χ1n) is 8.04. The van der Waals surface area contributed by atoms with E-state index in [0.29, 0.717) is 6.42 Å². The lowest BCUT2D eigenvalue weighted by atomic mass is 10.1. The average Bonchev–Trinajstić information content (AvgIpc) is 2.87. The molecule has 140 valence electrons. The molecule has 0 atom stereocenters.